The predicted molar refractivity (Wildman–Crippen MR) is 84.9 cm³/mol. The van der Waals surface area contributed by atoms with Gasteiger partial charge in [0.1, 0.15) is 0 Å². The summed E-state index contributed by atoms with van der Waals surface area (Å²) < 4.78 is 2.08. The zero-order valence-corrected chi connectivity index (χ0v) is 12.8. The number of rotatable bonds is 3. The number of imidazole rings is 1. The van der Waals surface area contributed by atoms with Gasteiger partial charge < -0.3 is 19.9 Å². The Balaban J connectivity index is 1.80. The van der Waals surface area contributed by atoms with E-state index in [0.717, 1.165) is 30.1 Å². The predicted octanol–water partition coefficient (Wildman–Crippen LogP) is 0.949. The molecule has 0 bridgehead atoms. The van der Waals surface area contributed by atoms with Gasteiger partial charge in [0.25, 0.3) is 0 Å². The molecule has 0 unspecified atom stereocenters. The number of carbonyl (C=O) groups is 1. The molecular weight excluding hydrogens is 278 g/mol. The van der Waals surface area contributed by atoms with Gasteiger partial charge in [-0.3, -0.25) is 4.79 Å². The molecule has 1 saturated carbocycles. The maximum absolute atomic E-state index is 12.0. The summed E-state index contributed by atoms with van der Waals surface area (Å²) in [4.78, 5) is 20.6. The number of fused-ring (bicyclic) bond motifs is 1. The Hall–Kier alpha value is -2.08. The second-order valence-electron chi connectivity index (χ2n) is 6.34. The number of piperazine rings is 1. The van der Waals surface area contributed by atoms with Gasteiger partial charge in [-0.2, -0.15) is 0 Å². The molecule has 1 aliphatic carbocycles. The molecule has 6 nitrogen and oxygen atoms in total. The van der Waals surface area contributed by atoms with Crippen LogP contribution < -0.4 is 10.6 Å². The Kier molecular flexibility index (Phi) is 3.07. The summed E-state index contributed by atoms with van der Waals surface area (Å²) in [7, 11) is 1.86. The molecule has 2 N–H and O–H groups in total. The third kappa shape index (κ3) is 2.23. The number of nitrogens with zero attached hydrogens (tertiary/aromatic N) is 4. The highest BCUT2D eigenvalue weighted by Gasteiger charge is 2.28. The van der Waals surface area contributed by atoms with Crippen LogP contribution >= 0.6 is 0 Å². The van der Waals surface area contributed by atoms with E-state index in [0.29, 0.717) is 19.0 Å². The van der Waals surface area contributed by atoms with E-state index in [1.54, 1.807) is 4.90 Å². The first-order chi connectivity index (χ1) is 10.7. The van der Waals surface area contributed by atoms with Gasteiger partial charge in [-0.1, -0.05) is 0 Å². The summed E-state index contributed by atoms with van der Waals surface area (Å²) >= 11 is 0. The van der Waals surface area contributed by atoms with Crippen LogP contribution in [0.15, 0.2) is 18.5 Å². The lowest BCUT2D eigenvalue weighted by molar-refractivity contribution is -0.129. The molecule has 1 amide bonds. The van der Waals surface area contributed by atoms with Crippen molar-refractivity contribution in [3.05, 3.63) is 29.7 Å². The molecule has 0 spiro atoms. The Morgan fingerprint density at radius 3 is 2.82 bits per heavy atom. The van der Waals surface area contributed by atoms with E-state index in [1.807, 2.05) is 13.2 Å². The van der Waals surface area contributed by atoms with Gasteiger partial charge in [0.15, 0.2) is 5.65 Å². The number of anilines is 1. The van der Waals surface area contributed by atoms with Crippen molar-refractivity contribution in [1.29, 1.82) is 0 Å². The molecule has 2 aromatic rings. The largest absolute Gasteiger partial charge is 0.357 e. The lowest BCUT2D eigenvalue weighted by Crippen LogP contribution is -2.48. The van der Waals surface area contributed by atoms with Crippen molar-refractivity contribution < 1.29 is 4.79 Å². The van der Waals surface area contributed by atoms with Gasteiger partial charge in [-0.15, -0.1) is 0 Å². The third-order valence-electron chi connectivity index (χ3n) is 4.66. The monoisotopic (exact) mass is 299 g/mol. The van der Waals surface area contributed by atoms with Crippen LogP contribution in [-0.2, 0) is 11.3 Å². The lowest BCUT2D eigenvalue weighted by atomic mass is 10.1. The number of nitrogens with two attached hydrogens (primary N) is 1. The first-order valence-corrected chi connectivity index (χ1v) is 7.86. The van der Waals surface area contributed by atoms with E-state index in [2.05, 4.69) is 26.5 Å². The van der Waals surface area contributed by atoms with Crippen LogP contribution in [0.1, 0.15) is 30.0 Å². The Bertz CT molecular complexity index is 733. The minimum atomic E-state index is 0.159. The van der Waals surface area contributed by atoms with Crippen molar-refractivity contribution in [1.82, 2.24) is 14.3 Å². The summed E-state index contributed by atoms with van der Waals surface area (Å²) in [6.07, 6.45) is 6.68. The molecule has 0 aromatic carbocycles. The quantitative estimate of drug-likeness (QED) is 0.916. The Morgan fingerprint density at radius 2 is 2.14 bits per heavy atom. The number of aromatic nitrogens is 2. The summed E-state index contributed by atoms with van der Waals surface area (Å²) in [5, 5.41) is 0. The Labute approximate surface area is 129 Å². The van der Waals surface area contributed by atoms with Gasteiger partial charge in [0, 0.05) is 39.1 Å². The van der Waals surface area contributed by atoms with Crippen molar-refractivity contribution in [2.75, 3.05) is 31.6 Å². The molecule has 1 saturated heterocycles. The molecule has 2 fully saturated rings. The normalized spacial score (nSPS) is 19.3. The van der Waals surface area contributed by atoms with Crippen LogP contribution in [0.25, 0.3) is 5.65 Å². The number of hydrogen-bond acceptors (Lipinski definition) is 4. The van der Waals surface area contributed by atoms with E-state index in [-0.39, 0.29) is 5.91 Å². The number of pyridine rings is 1. The fourth-order valence-corrected chi connectivity index (χ4v) is 3.09. The van der Waals surface area contributed by atoms with Crippen molar-refractivity contribution in [3.8, 4) is 0 Å². The third-order valence-corrected chi connectivity index (χ3v) is 4.66. The number of carbonyl (C=O) groups excluding carboxylic acids is 1. The van der Waals surface area contributed by atoms with E-state index in [9.17, 15) is 4.79 Å². The van der Waals surface area contributed by atoms with Crippen LogP contribution in [0.2, 0.25) is 0 Å². The minimum Gasteiger partial charge on any atom is -0.357 e. The highest BCUT2D eigenvalue weighted by molar-refractivity contribution is 5.85. The molecule has 0 radical (unpaired) electrons. The van der Waals surface area contributed by atoms with E-state index < -0.39 is 0 Å². The summed E-state index contributed by atoms with van der Waals surface area (Å²) in [6.45, 7) is 2.45. The molecule has 3 heterocycles. The minimum absolute atomic E-state index is 0.159. The summed E-state index contributed by atoms with van der Waals surface area (Å²) in [6, 6.07) is 2.22. The number of likely N-dealkylation sites (N-methyl/N-ethyl adjacent to an activating group) is 1. The molecule has 2 aromatic heterocycles. The molecule has 0 atom stereocenters. The molecular formula is C16H21N5O. The van der Waals surface area contributed by atoms with Gasteiger partial charge in [-0.25, -0.2) is 4.98 Å². The summed E-state index contributed by atoms with van der Waals surface area (Å²) in [5.74, 6) is 0.821. The van der Waals surface area contributed by atoms with Gasteiger partial charge >= 0.3 is 0 Å². The zero-order valence-electron chi connectivity index (χ0n) is 12.8. The van der Waals surface area contributed by atoms with Crippen LogP contribution in [0, 0.1) is 0 Å². The second-order valence-corrected chi connectivity index (χ2v) is 6.34. The number of amides is 1. The molecule has 2 aliphatic rings. The van der Waals surface area contributed by atoms with Crippen LogP contribution in [0.3, 0.4) is 0 Å². The molecule has 22 heavy (non-hydrogen) atoms. The summed E-state index contributed by atoms with van der Waals surface area (Å²) in [5.41, 5.74) is 9.93. The van der Waals surface area contributed by atoms with Crippen LogP contribution in [0.5, 0.6) is 0 Å². The zero-order chi connectivity index (χ0) is 15.3. The van der Waals surface area contributed by atoms with Gasteiger partial charge in [0.05, 0.1) is 17.9 Å². The number of hydrogen-bond donors (Lipinski definition) is 1. The fraction of sp³-hybridized carbons (Fsp3) is 0.500. The van der Waals surface area contributed by atoms with E-state index in [1.165, 1.54) is 18.4 Å². The van der Waals surface area contributed by atoms with Crippen molar-refractivity contribution in [3.63, 3.8) is 0 Å². The maximum Gasteiger partial charge on any atom is 0.241 e. The topological polar surface area (TPSA) is 66.9 Å². The van der Waals surface area contributed by atoms with Crippen LogP contribution in [-0.4, -0.2) is 46.9 Å². The first kappa shape index (κ1) is 13.6. The highest BCUT2D eigenvalue weighted by atomic mass is 16.2. The highest BCUT2D eigenvalue weighted by Crippen LogP contribution is 2.41. The Morgan fingerprint density at radius 1 is 1.32 bits per heavy atom. The molecule has 1 aliphatic heterocycles. The van der Waals surface area contributed by atoms with E-state index in [4.69, 9.17) is 5.73 Å². The van der Waals surface area contributed by atoms with E-state index >= 15 is 0 Å². The van der Waals surface area contributed by atoms with Gasteiger partial charge in [-0.05, 0) is 30.4 Å². The molecule has 116 valence electrons. The fourth-order valence-electron chi connectivity index (χ4n) is 3.09. The SMILES string of the molecule is CN1CCN(c2cc(C3CC3)cn3cc(CN)nc23)CC1=O. The smallest absolute Gasteiger partial charge is 0.241 e. The van der Waals surface area contributed by atoms with Crippen molar-refractivity contribution in [2.45, 2.75) is 25.3 Å². The first-order valence-electron chi connectivity index (χ1n) is 7.86. The van der Waals surface area contributed by atoms with Gasteiger partial charge in [0.2, 0.25) is 5.91 Å². The maximum atomic E-state index is 12.0. The average molecular weight is 299 g/mol. The lowest BCUT2D eigenvalue weighted by Gasteiger charge is -2.33. The standard InChI is InChI=1S/C16H21N5O/c1-19-4-5-20(10-15(19)22)14-6-12(11-2-3-11)8-21-9-13(7-17)18-16(14)21/h6,8-9,11H,2-5,7,10,17H2,1H3. The molecule has 6 heteroatoms. The van der Waals surface area contributed by atoms with Crippen molar-refractivity contribution in [2.24, 2.45) is 5.73 Å². The second kappa shape index (κ2) is 4.98. The molecule has 4 rings (SSSR count). The average Bonchev–Trinajstić information content (AvgIpc) is 3.28. The van der Waals surface area contributed by atoms with Crippen molar-refractivity contribution >= 4 is 17.2 Å². The van der Waals surface area contributed by atoms with Crippen LogP contribution in [0.4, 0.5) is 5.69 Å².